The fourth-order valence-electron chi connectivity index (χ4n) is 2.67. The highest BCUT2D eigenvalue weighted by molar-refractivity contribution is 7.93. The van der Waals surface area contributed by atoms with Gasteiger partial charge in [-0.15, -0.1) is 0 Å². The van der Waals surface area contributed by atoms with E-state index in [2.05, 4.69) is 5.32 Å². The Bertz CT molecular complexity index is 867. The molecule has 0 bridgehead atoms. The fraction of sp³-hybridized carbons (Fsp3) is 0.278. The Morgan fingerprint density at radius 1 is 1.12 bits per heavy atom. The Kier molecular flexibility index (Phi) is 5.68. The third-order valence-corrected chi connectivity index (χ3v) is 6.11. The summed E-state index contributed by atoms with van der Waals surface area (Å²) in [6.07, 6.45) is 0.623. The summed E-state index contributed by atoms with van der Waals surface area (Å²) in [5.41, 5.74) is 1.06. The molecule has 1 fully saturated rings. The van der Waals surface area contributed by atoms with E-state index in [9.17, 15) is 13.2 Å². The maximum Gasteiger partial charge on any atom is 0.251 e. The van der Waals surface area contributed by atoms with Gasteiger partial charge in [0.25, 0.3) is 5.91 Å². The van der Waals surface area contributed by atoms with Crippen LogP contribution in [-0.2, 0) is 10.0 Å². The van der Waals surface area contributed by atoms with Crippen LogP contribution in [0.3, 0.4) is 0 Å². The number of sulfonamides is 1. The van der Waals surface area contributed by atoms with Gasteiger partial charge in [-0.05, 0) is 55.0 Å². The second kappa shape index (κ2) is 7.97. The number of benzene rings is 2. The van der Waals surface area contributed by atoms with E-state index in [1.165, 1.54) is 4.31 Å². The molecule has 8 heteroatoms. The predicted molar refractivity (Wildman–Crippen MR) is 101 cm³/mol. The van der Waals surface area contributed by atoms with Crippen molar-refractivity contribution in [3.8, 4) is 5.75 Å². The zero-order valence-electron chi connectivity index (χ0n) is 14.0. The number of halogens is 1. The van der Waals surface area contributed by atoms with Crippen LogP contribution in [0.5, 0.6) is 5.75 Å². The maximum absolute atomic E-state index is 12.1. The number of nitrogens with one attached hydrogen (secondary N) is 1. The summed E-state index contributed by atoms with van der Waals surface area (Å²) in [5, 5.41) is 3.40. The van der Waals surface area contributed by atoms with E-state index < -0.39 is 10.0 Å². The Labute approximate surface area is 157 Å². The van der Waals surface area contributed by atoms with Gasteiger partial charge in [0.15, 0.2) is 0 Å². The first kappa shape index (κ1) is 18.5. The maximum atomic E-state index is 12.1. The number of anilines is 1. The fourth-order valence-corrected chi connectivity index (χ4v) is 4.37. The largest absolute Gasteiger partial charge is 0.492 e. The highest BCUT2D eigenvalue weighted by Crippen LogP contribution is 2.24. The van der Waals surface area contributed by atoms with E-state index in [0.29, 0.717) is 48.1 Å². The molecule has 0 saturated carbocycles. The first-order chi connectivity index (χ1) is 12.5. The average molecular weight is 395 g/mol. The Balaban J connectivity index is 1.49. The van der Waals surface area contributed by atoms with E-state index in [0.717, 1.165) is 0 Å². The third kappa shape index (κ3) is 4.47. The second-order valence-corrected chi connectivity index (χ2v) is 8.30. The summed E-state index contributed by atoms with van der Waals surface area (Å²) in [6, 6.07) is 13.5. The topological polar surface area (TPSA) is 75.7 Å². The number of ether oxygens (including phenoxy) is 1. The zero-order valence-corrected chi connectivity index (χ0v) is 15.6. The highest BCUT2D eigenvalue weighted by Gasteiger charge is 2.28. The molecule has 1 aliphatic heterocycles. The van der Waals surface area contributed by atoms with Crippen LogP contribution >= 0.6 is 11.6 Å². The molecule has 1 heterocycles. The van der Waals surface area contributed by atoms with Gasteiger partial charge < -0.3 is 10.1 Å². The standard InChI is InChI=1S/C18H19ClN2O4S/c19-15-4-8-17(9-5-15)25-12-10-20-18(22)14-2-6-16(7-3-14)21-11-1-13-26(21,23)24/h2-9H,1,10-13H2,(H,20,22). The molecule has 1 amide bonds. The molecule has 6 nitrogen and oxygen atoms in total. The molecule has 1 saturated heterocycles. The van der Waals surface area contributed by atoms with Gasteiger partial charge in [0.1, 0.15) is 12.4 Å². The number of carbonyl (C=O) groups is 1. The van der Waals surface area contributed by atoms with Crippen molar-refractivity contribution in [3.63, 3.8) is 0 Å². The molecule has 0 atom stereocenters. The minimum atomic E-state index is -3.21. The van der Waals surface area contributed by atoms with Crippen molar-refractivity contribution in [2.75, 3.05) is 29.8 Å². The summed E-state index contributed by atoms with van der Waals surface area (Å²) in [7, 11) is -3.21. The first-order valence-electron chi connectivity index (χ1n) is 8.23. The molecule has 0 spiro atoms. The molecule has 1 aliphatic rings. The van der Waals surface area contributed by atoms with E-state index in [1.807, 2.05) is 0 Å². The third-order valence-electron chi connectivity index (χ3n) is 3.99. The second-order valence-electron chi connectivity index (χ2n) is 5.85. The smallest absolute Gasteiger partial charge is 0.251 e. The lowest BCUT2D eigenvalue weighted by molar-refractivity contribution is 0.0947. The summed E-state index contributed by atoms with van der Waals surface area (Å²) in [6.45, 7) is 1.16. The number of hydrogen-bond acceptors (Lipinski definition) is 4. The molecule has 26 heavy (non-hydrogen) atoms. The summed E-state index contributed by atoms with van der Waals surface area (Å²) < 4.78 is 30.7. The van der Waals surface area contributed by atoms with Crippen LogP contribution in [0.15, 0.2) is 48.5 Å². The SMILES string of the molecule is O=C(NCCOc1ccc(Cl)cc1)c1ccc(N2CCCS2(=O)=O)cc1. The number of hydrogen-bond donors (Lipinski definition) is 1. The number of amides is 1. The van der Waals surface area contributed by atoms with Gasteiger partial charge in [0.05, 0.1) is 18.0 Å². The van der Waals surface area contributed by atoms with Crippen LogP contribution in [0.25, 0.3) is 0 Å². The molecule has 138 valence electrons. The number of nitrogens with zero attached hydrogens (tertiary/aromatic N) is 1. The van der Waals surface area contributed by atoms with Gasteiger partial charge in [-0.2, -0.15) is 0 Å². The van der Waals surface area contributed by atoms with Gasteiger partial charge in [-0.1, -0.05) is 11.6 Å². The quantitative estimate of drug-likeness (QED) is 0.764. The highest BCUT2D eigenvalue weighted by atomic mass is 35.5. The molecule has 0 aromatic heterocycles. The minimum Gasteiger partial charge on any atom is -0.492 e. The molecular formula is C18H19ClN2O4S. The van der Waals surface area contributed by atoms with Crippen molar-refractivity contribution < 1.29 is 17.9 Å². The molecule has 0 radical (unpaired) electrons. The lowest BCUT2D eigenvalue weighted by Crippen LogP contribution is -2.28. The van der Waals surface area contributed by atoms with Gasteiger partial charge in [-0.3, -0.25) is 9.10 Å². The molecule has 0 aliphatic carbocycles. The molecule has 1 N–H and O–H groups in total. The lowest BCUT2D eigenvalue weighted by atomic mass is 10.2. The van der Waals surface area contributed by atoms with Crippen LogP contribution in [0, 0.1) is 0 Å². The van der Waals surface area contributed by atoms with E-state index in [4.69, 9.17) is 16.3 Å². The van der Waals surface area contributed by atoms with Gasteiger partial charge in [-0.25, -0.2) is 8.42 Å². The van der Waals surface area contributed by atoms with Crippen molar-refractivity contribution in [1.29, 1.82) is 0 Å². The van der Waals surface area contributed by atoms with Crippen molar-refractivity contribution in [3.05, 3.63) is 59.1 Å². The van der Waals surface area contributed by atoms with Crippen molar-refractivity contribution in [2.24, 2.45) is 0 Å². The molecule has 2 aromatic rings. The van der Waals surface area contributed by atoms with Crippen molar-refractivity contribution in [2.45, 2.75) is 6.42 Å². The number of carbonyl (C=O) groups excluding carboxylic acids is 1. The Hall–Kier alpha value is -2.25. The van der Waals surface area contributed by atoms with Gasteiger partial charge in [0, 0.05) is 17.1 Å². The summed E-state index contributed by atoms with van der Waals surface area (Å²) in [5.74, 6) is 0.614. The normalized spacial score (nSPS) is 15.7. The van der Waals surface area contributed by atoms with Crippen molar-refractivity contribution >= 4 is 33.2 Å². The van der Waals surface area contributed by atoms with E-state index in [-0.39, 0.29) is 11.7 Å². The van der Waals surface area contributed by atoms with Gasteiger partial charge in [0.2, 0.25) is 10.0 Å². The van der Waals surface area contributed by atoms with Crippen LogP contribution in [-0.4, -0.2) is 39.8 Å². The van der Waals surface area contributed by atoms with Crippen molar-refractivity contribution in [1.82, 2.24) is 5.32 Å². The van der Waals surface area contributed by atoms with E-state index >= 15 is 0 Å². The monoisotopic (exact) mass is 394 g/mol. The van der Waals surface area contributed by atoms with Crippen LogP contribution in [0.4, 0.5) is 5.69 Å². The molecule has 0 unspecified atom stereocenters. The van der Waals surface area contributed by atoms with Gasteiger partial charge >= 0.3 is 0 Å². The summed E-state index contributed by atoms with van der Waals surface area (Å²) >= 11 is 5.80. The van der Waals surface area contributed by atoms with Crippen LogP contribution in [0.1, 0.15) is 16.8 Å². The average Bonchev–Trinajstić information content (AvgIpc) is 2.99. The molecule has 3 rings (SSSR count). The molecule has 2 aromatic carbocycles. The molecular weight excluding hydrogens is 376 g/mol. The summed E-state index contributed by atoms with van der Waals surface area (Å²) in [4.78, 5) is 12.1. The van der Waals surface area contributed by atoms with E-state index in [1.54, 1.807) is 48.5 Å². The lowest BCUT2D eigenvalue weighted by Gasteiger charge is -2.17. The zero-order chi connectivity index (χ0) is 18.6. The Morgan fingerprint density at radius 2 is 1.81 bits per heavy atom. The van der Waals surface area contributed by atoms with Crippen LogP contribution < -0.4 is 14.4 Å². The predicted octanol–water partition coefficient (Wildman–Crippen LogP) is 2.69. The number of rotatable bonds is 6. The first-order valence-corrected chi connectivity index (χ1v) is 10.2. The minimum absolute atomic E-state index is 0.170. The van der Waals surface area contributed by atoms with Crippen LogP contribution in [0.2, 0.25) is 5.02 Å². The Morgan fingerprint density at radius 3 is 2.42 bits per heavy atom.